The summed E-state index contributed by atoms with van der Waals surface area (Å²) in [6, 6.07) is 11.7. The second kappa shape index (κ2) is 10.1. The molecule has 2 N–H and O–H groups in total. The number of hydrogen-bond donors (Lipinski definition) is 2. The van der Waals surface area contributed by atoms with Gasteiger partial charge in [-0.3, -0.25) is 19.6 Å². The van der Waals surface area contributed by atoms with Gasteiger partial charge in [-0.2, -0.15) is 11.3 Å². The molecule has 1 unspecified atom stereocenters. The van der Waals surface area contributed by atoms with Gasteiger partial charge in [-0.15, -0.1) is 0 Å². The number of likely N-dealkylation sites (N-methyl/N-ethyl adjacent to an activating group) is 1. The van der Waals surface area contributed by atoms with E-state index in [2.05, 4.69) is 10.0 Å². The van der Waals surface area contributed by atoms with Gasteiger partial charge in [-0.05, 0) is 73.7 Å². The molecule has 3 aromatic rings. The van der Waals surface area contributed by atoms with E-state index >= 15 is 0 Å². The number of amides is 1. The fourth-order valence-corrected chi connectivity index (χ4v) is 5.00. The molecule has 9 nitrogen and oxygen atoms in total. The number of nitro groups is 1. The summed E-state index contributed by atoms with van der Waals surface area (Å²) in [5.74, 6) is -0.277. The number of sulfonamides is 1. The van der Waals surface area contributed by atoms with Gasteiger partial charge in [0.15, 0.2) is 0 Å². The lowest BCUT2D eigenvalue weighted by molar-refractivity contribution is -0.385. The molecule has 1 amide bonds. The van der Waals surface area contributed by atoms with Crippen molar-refractivity contribution in [3.8, 4) is 0 Å². The van der Waals surface area contributed by atoms with Gasteiger partial charge in [0, 0.05) is 29.4 Å². The minimum Gasteiger partial charge on any atom is -0.350 e. The summed E-state index contributed by atoms with van der Waals surface area (Å²) in [5.41, 5.74) is 1.82. The number of nitrogens with one attached hydrogen (secondary N) is 2. The summed E-state index contributed by atoms with van der Waals surface area (Å²) in [7, 11) is -0.150. The van der Waals surface area contributed by atoms with Crippen molar-refractivity contribution in [2.75, 3.05) is 25.4 Å². The highest BCUT2D eigenvalue weighted by atomic mass is 32.2. The molecule has 11 heteroatoms. The van der Waals surface area contributed by atoms with Crippen molar-refractivity contribution in [1.82, 2.24) is 10.2 Å². The van der Waals surface area contributed by atoms with E-state index in [1.54, 1.807) is 11.3 Å². The van der Waals surface area contributed by atoms with Crippen molar-refractivity contribution in [3.63, 3.8) is 0 Å². The highest BCUT2D eigenvalue weighted by molar-refractivity contribution is 7.92. The van der Waals surface area contributed by atoms with E-state index in [4.69, 9.17) is 0 Å². The van der Waals surface area contributed by atoms with Crippen LogP contribution in [-0.2, 0) is 10.0 Å². The van der Waals surface area contributed by atoms with Crippen LogP contribution in [0, 0.1) is 17.0 Å². The summed E-state index contributed by atoms with van der Waals surface area (Å²) in [4.78, 5) is 24.9. The van der Waals surface area contributed by atoms with Crippen LogP contribution in [0.15, 0.2) is 64.2 Å². The zero-order valence-electron chi connectivity index (χ0n) is 18.3. The van der Waals surface area contributed by atoms with Crippen molar-refractivity contribution in [2.45, 2.75) is 17.9 Å². The summed E-state index contributed by atoms with van der Waals surface area (Å²) < 4.78 is 27.7. The van der Waals surface area contributed by atoms with Gasteiger partial charge in [0.2, 0.25) is 0 Å². The monoisotopic (exact) mass is 488 g/mol. The van der Waals surface area contributed by atoms with Crippen molar-refractivity contribution in [1.29, 1.82) is 0 Å². The van der Waals surface area contributed by atoms with Crippen LogP contribution >= 0.6 is 11.3 Å². The zero-order valence-corrected chi connectivity index (χ0v) is 19.9. The predicted octanol–water partition coefficient (Wildman–Crippen LogP) is 3.80. The molecule has 0 aliphatic heterocycles. The maximum absolute atomic E-state index is 12.6. The number of aryl methyl sites for hydroxylation is 1. The Morgan fingerprint density at radius 2 is 1.85 bits per heavy atom. The van der Waals surface area contributed by atoms with Crippen LogP contribution in [0.1, 0.15) is 27.5 Å². The molecule has 0 spiro atoms. The Balaban J connectivity index is 1.68. The summed E-state index contributed by atoms with van der Waals surface area (Å²) >= 11 is 1.59. The Morgan fingerprint density at radius 3 is 2.42 bits per heavy atom. The summed E-state index contributed by atoms with van der Waals surface area (Å²) in [6.07, 6.45) is 0. The number of carbonyl (C=O) groups is 1. The second-order valence-electron chi connectivity index (χ2n) is 7.63. The van der Waals surface area contributed by atoms with Gasteiger partial charge in [0.25, 0.3) is 21.6 Å². The van der Waals surface area contributed by atoms with Crippen molar-refractivity contribution >= 4 is 38.6 Å². The smallest absolute Gasteiger partial charge is 0.273 e. The van der Waals surface area contributed by atoms with Crippen LogP contribution < -0.4 is 10.0 Å². The molecular formula is C22H24N4O5S2. The average Bonchev–Trinajstić information content (AvgIpc) is 3.28. The molecular weight excluding hydrogens is 464 g/mol. The van der Waals surface area contributed by atoms with E-state index in [1.165, 1.54) is 43.3 Å². The van der Waals surface area contributed by atoms with Gasteiger partial charge >= 0.3 is 0 Å². The summed E-state index contributed by atoms with van der Waals surface area (Å²) in [6.45, 7) is 1.95. The second-order valence-corrected chi connectivity index (χ2v) is 10.1. The maximum Gasteiger partial charge on any atom is 0.273 e. The molecule has 33 heavy (non-hydrogen) atoms. The Kier molecular flexibility index (Phi) is 7.46. The molecule has 0 bridgehead atoms. The lowest BCUT2D eigenvalue weighted by atomic mass is 10.1. The number of anilines is 1. The number of rotatable bonds is 9. The van der Waals surface area contributed by atoms with Crippen molar-refractivity contribution in [2.24, 2.45) is 0 Å². The zero-order chi connectivity index (χ0) is 24.2. The minimum atomic E-state index is -4.03. The molecule has 2 aromatic carbocycles. The largest absolute Gasteiger partial charge is 0.350 e. The number of hydrogen-bond acceptors (Lipinski definition) is 7. The molecule has 0 radical (unpaired) electrons. The molecule has 0 aliphatic carbocycles. The van der Waals surface area contributed by atoms with Gasteiger partial charge < -0.3 is 10.2 Å². The topological polar surface area (TPSA) is 122 Å². The number of nitro benzene ring substituents is 1. The molecule has 3 rings (SSSR count). The van der Waals surface area contributed by atoms with Gasteiger partial charge in [0.1, 0.15) is 0 Å². The van der Waals surface area contributed by atoms with Crippen LogP contribution in [0.5, 0.6) is 0 Å². The fraction of sp³-hybridized carbons (Fsp3) is 0.227. The predicted molar refractivity (Wildman–Crippen MR) is 128 cm³/mol. The molecule has 0 saturated heterocycles. The number of benzene rings is 2. The van der Waals surface area contributed by atoms with E-state index in [0.717, 1.165) is 11.6 Å². The highest BCUT2D eigenvalue weighted by Crippen LogP contribution is 2.24. The molecule has 0 saturated carbocycles. The van der Waals surface area contributed by atoms with E-state index < -0.39 is 14.9 Å². The Labute approximate surface area is 196 Å². The molecule has 1 atom stereocenters. The van der Waals surface area contributed by atoms with Gasteiger partial charge in [-0.1, -0.05) is 6.07 Å². The molecule has 1 heterocycles. The van der Waals surface area contributed by atoms with E-state index in [-0.39, 0.29) is 28.2 Å². The van der Waals surface area contributed by atoms with Crippen LogP contribution in [0.4, 0.5) is 11.4 Å². The third-order valence-electron chi connectivity index (χ3n) is 5.09. The quantitative estimate of drug-likeness (QED) is 0.349. The lowest BCUT2D eigenvalue weighted by Gasteiger charge is -2.24. The van der Waals surface area contributed by atoms with E-state index in [1.807, 2.05) is 35.8 Å². The normalized spacial score (nSPS) is 12.4. The fourth-order valence-electron chi connectivity index (χ4n) is 3.21. The third kappa shape index (κ3) is 5.95. The average molecular weight is 489 g/mol. The Morgan fingerprint density at radius 1 is 1.15 bits per heavy atom. The van der Waals surface area contributed by atoms with Gasteiger partial charge in [-0.25, -0.2) is 8.42 Å². The van der Waals surface area contributed by atoms with Crippen molar-refractivity contribution < 1.29 is 18.1 Å². The van der Waals surface area contributed by atoms with Crippen LogP contribution in [0.2, 0.25) is 0 Å². The minimum absolute atomic E-state index is 0.0323. The SMILES string of the molecule is Cc1ccc(S(=O)(=O)Nc2ccc(C(=O)NCC(c3ccsc3)N(C)C)cc2)cc1[N+](=O)[O-]. The van der Waals surface area contributed by atoms with Crippen LogP contribution in [0.25, 0.3) is 0 Å². The van der Waals surface area contributed by atoms with E-state index in [9.17, 15) is 23.3 Å². The standard InChI is InChI=1S/C22H24N4O5S2/c1-15-4-9-19(12-20(15)26(28)29)33(30,31)24-18-7-5-16(6-8-18)22(27)23-13-21(25(2)3)17-10-11-32-14-17/h4-12,14,21,24H,13H2,1-3H3,(H,23,27). The maximum atomic E-state index is 12.6. The van der Waals surface area contributed by atoms with Crippen molar-refractivity contribution in [3.05, 3.63) is 86.1 Å². The van der Waals surface area contributed by atoms with Gasteiger partial charge in [0.05, 0.1) is 15.9 Å². The molecule has 174 valence electrons. The first-order valence-electron chi connectivity index (χ1n) is 9.93. The number of carbonyl (C=O) groups excluding carboxylic acids is 1. The first kappa shape index (κ1) is 24.4. The number of thiophene rings is 1. The first-order chi connectivity index (χ1) is 15.6. The lowest BCUT2D eigenvalue weighted by Crippen LogP contribution is -2.34. The van der Waals surface area contributed by atoms with Crippen LogP contribution in [0.3, 0.4) is 0 Å². The molecule has 0 aliphatic rings. The third-order valence-corrected chi connectivity index (χ3v) is 7.17. The Bertz CT molecular complexity index is 1240. The van der Waals surface area contributed by atoms with Crippen LogP contribution in [-0.4, -0.2) is 44.8 Å². The molecule has 1 aromatic heterocycles. The number of nitrogens with zero attached hydrogens (tertiary/aromatic N) is 2. The van der Waals surface area contributed by atoms with E-state index in [0.29, 0.717) is 17.7 Å². The Hall–Kier alpha value is -3.28. The summed E-state index contributed by atoms with van der Waals surface area (Å²) in [5, 5.41) is 18.0. The highest BCUT2D eigenvalue weighted by Gasteiger charge is 2.20. The molecule has 0 fully saturated rings. The first-order valence-corrected chi connectivity index (χ1v) is 12.4.